The highest BCUT2D eigenvalue weighted by atomic mass is 32.1. The molecule has 17 heavy (non-hydrogen) atoms. The quantitative estimate of drug-likeness (QED) is 0.637. The molecule has 0 heterocycles. The number of rotatable bonds is 5. The first-order valence-electron chi connectivity index (χ1n) is 5.48. The molecule has 0 unspecified atom stereocenters. The molecule has 0 atom stereocenters. The van der Waals surface area contributed by atoms with Gasteiger partial charge in [0.15, 0.2) is 0 Å². The zero-order valence-electron chi connectivity index (χ0n) is 9.98. The lowest BCUT2D eigenvalue weighted by Crippen LogP contribution is -2.25. The lowest BCUT2D eigenvalue weighted by Gasteiger charge is -2.10. The van der Waals surface area contributed by atoms with Gasteiger partial charge in [0.25, 0.3) is 5.17 Å². The Morgan fingerprint density at radius 1 is 1.41 bits per heavy atom. The Morgan fingerprint density at radius 3 is 2.71 bits per heavy atom. The van der Waals surface area contributed by atoms with Crippen molar-refractivity contribution in [3.63, 3.8) is 0 Å². The number of ether oxygens (including phenoxy) is 1. The van der Waals surface area contributed by atoms with Crippen molar-refractivity contribution in [3.8, 4) is 0 Å². The zero-order valence-corrected chi connectivity index (χ0v) is 10.8. The van der Waals surface area contributed by atoms with Crippen LogP contribution in [-0.2, 0) is 11.3 Å². The van der Waals surface area contributed by atoms with Gasteiger partial charge in [-0.2, -0.15) is 0 Å². The van der Waals surface area contributed by atoms with E-state index in [1.807, 2.05) is 43.3 Å². The molecule has 0 aliphatic heterocycles. The van der Waals surface area contributed by atoms with E-state index in [-0.39, 0.29) is 0 Å². The standard InChI is InChI=1S/C14H17NOS/c1-3-12(4-2)10-15-14(17)16-11-13-8-6-5-7-9-13/h3-9H,1,10-11H2,2H3,(H,15,17)/b12-4+. The van der Waals surface area contributed by atoms with E-state index in [4.69, 9.17) is 17.0 Å². The van der Waals surface area contributed by atoms with Gasteiger partial charge in [0.1, 0.15) is 6.61 Å². The second-order valence-corrected chi connectivity index (χ2v) is 3.85. The number of benzene rings is 1. The molecule has 2 nitrogen and oxygen atoms in total. The van der Waals surface area contributed by atoms with Crippen molar-refractivity contribution < 1.29 is 4.74 Å². The average Bonchev–Trinajstić information content (AvgIpc) is 2.39. The van der Waals surface area contributed by atoms with Crippen molar-refractivity contribution in [1.82, 2.24) is 5.32 Å². The summed E-state index contributed by atoms with van der Waals surface area (Å²) in [5, 5.41) is 3.44. The molecule has 0 aliphatic rings. The van der Waals surface area contributed by atoms with Crippen LogP contribution in [0.25, 0.3) is 0 Å². The molecule has 0 aliphatic carbocycles. The normalized spacial score (nSPS) is 10.8. The van der Waals surface area contributed by atoms with E-state index < -0.39 is 0 Å². The molecule has 0 amide bonds. The molecule has 0 aromatic heterocycles. The Hall–Kier alpha value is -1.61. The van der Waals surface area contributed by atoms with Gasteiger partial charge in [0, 0.05) is 6.54 Å². The molecule has 3 heteroatoms. The highest BCUT2D eigenvalue weighted by molar-refractivity contribution is 7.80. The van der Waals surface area contributed by atoms with Crippen LogP contribution in [0.3, 0.4) is 0 Å². The first-order chi connectivity index (χ1) is 8.26. The smallest absolute Gasteiger partial charge is 0.257 e. The van der Waals surface area contributed by atoms with E-state index in [2.05, 4.69) is 11.9 Å². The minimum atomic E-state index is 0.412. The van der Waals surface area contributed by atoms with Crippen LogP contribution in [0.1, 0.15) is 12.5 Å². The van der Waals surface area contributed by atoms with Crippen molar-refractivity contribution in [2.45, 2.75) is 13.5 Å². The van der Waals surface area contributed by atoms with Crippen LogP contribution in [0.2, 0.25) is 0 Å². The number of hydrogen-bond acceptors (Lipinski definition) is 2. The summed E-state index contributed by atoms with van der Waals surface area (Å²) < 4.78 is 5.43. The predicted octanol–water partition coefficient (Wildman–Crippen LogP) is 3.21. The largest absolute Gasteiger partial charge is 0.466 e. The maximum Gasteiger partial charge on any atom is 0.257 e. The number of allylic oxidation sites excluding steroid dienone is 1. The fourth-order valence-electron chi connectivity index (χ4n) is 1.24. The van der Waals surface area contributed by atoms with Gasteiger partial charge in [-0.15, -0.1) is 0 Å². The van der Waals surface area contributed by atoms with E-state index >= 15 is 0 Å². The van der Waals surface area contributed by atoms with Gasteiger partial charge in [-0.25, -0.2) is 0 Å². The lowest BCUT2D eigenvalue weighted by molar-refractivity contribution is 0.287. The summed E-state index contributed by atoms with van der Waals surface area (Å²) in [6.07, 6.45) is 3.78. The minimum Gasteiger partial charge on any atom is -0.466 e. The highest BCUT2D eigenvalue weighted by Gasteiger charge is 1.98. The molecule has 1 aromatic rings. The summed E-state index contributed by atoms with van der Waals surface area (Å²) in [7, 11) is 0. The van der Waals surface area contributed by atoms with Crippen LogP contribution >= 0.6 is 12.2 Å². The summed E-state index contributed by atoms with van der Waals surface area (Å²) in [6.45, 7) is 6.81. The van der Waals surface area contributed by atoms with Crippen molar-refractivity contribution in [1.29, 1.82) is 0 Å². The summed E-state index contributed by atoms with van der Waals surface area (Å²) in [5.41, 5.74) is 2.20. The van der Waals surface area contributed by atoms with E-state index in [0.717, 1.165) is 11.1 Å². The zero-order chi connectivity index (χ0) is 12.5. The molecule has 1 rings (SSSR count). The third-order valence-corrected chi connectivity index (χ3v) is 2.54. The van der Waals surface area contributed by atoms with E-state index in [0.29, 0.717) is 18.3 Å². The first kappa shape index (κ1) is 13.5. The molecule has 1 aromatic carbocycles. The van der Waals surface area contributed by atoms with Gasteiger partial charge >= 0.3 is 0 Å². The Morgan fingerprint density at radius 2 is 2.12 bits per heavy atom. The molecule has 0 saturated heterocycles. The Kier molecular flexibility index (Phi) is 6.04. The third kappa shape index (κ3) is 5.31. The second kappa shape index (κ2) is 7.63. The SMILES string of the molecule is C=C/C(=C\C)CNC(=S)OCc1ccccc1. The molecule has 0 radical (unpaired) electrons. The molecule has 1 N–H and O–H groups in total. The van der Waals surface area contributed by atoms with Crippen molar-refractivity contribution in [2.24, 2.45) is 0 Å². The molecule has 0 saturated carbocycles. The topological polar surface area (TPSA) is 21.3 Å². The van der Waals surface area contributed by atoms with Crippen LogP contribution in [0.4, 0.5) is 0 Å². The van der Waals surface area contributed by atoms with Gasteiger partial charge in [-0.3, -0.25) is 0 Å². The van der Waals surface area contributed by atoms with Crippen LogP contribution in [0.5, 0.6) is 0 Å². The molecule has 90 valence electrons. The molecule has 0 spiro atoms. The lowest BCUT2D eigenvalue weighted by atomic mass is 10.2. The Bertz CT molecular complexity index is 398. The third-order valence-electron chi connectivity index (χ3n) is 2.28. The van der Waals surface area contributed by atoms with E-state index in [1.165, 1.54) is 0 Å². The Labute approximate surface area is 108 Å². The van der Waals surface area contributed by atoms with Crippen molar-refractivity contribution in [2.75, 3.05) is 6.54 Å². The molecular formula is C14H17NOS. The van der Waals surface area contributed by atoms with Gasteiger partial charge in [0.05, 0.1) is 0 Å². The van der Waals surface area contributed by atoms with E-state index in [9.17, 15) is 0 Å². The highest BCUT2D eigenvalue weighted by Crippen LogP contribution is 2.01. The summed E-state index contributed by atoms with van der Waals surface area (Å²) in [5.74, 6) is 0. The van der Waals surface area contributed by atoms with Crippen LogP contribution < -0.4 is 5.32 Å². The maximum absolute atomic E-state index is 5.43. The van der Waals surface area contributed by atoms with Crippen molar-refractivity contribution >= 4 is 17.4 Å². The number of nitrogens with one attached hydrogen (secondary N) is 1. The summed E-state index contributed by atoms with van der Waals surface area (Å²) in [6, 6.07) is 9.94. The fourth-order valence-corrected chi connectivity index (χ4v) is 1.37. The molecule has 0 bridgehead atoms. The summed E-state index contributed by atoms with van der Waals surface area (Å²) in [4.78, 5) is 0. The van der Waals surface area contributed by atoms with Crippen LogP contribution in [0.15, 0.2) is 54.6 Å². The first-order valence-corrected chi connectivity index (χ1v) is 5.89. The van der Waals surface area contributed by atoms with Gasteiger partial charge in [0.2, 0.25) is 0 Å². The predicted molar refractivity (Wildman–Crippen MR) is 75.8 cm³/mol. The molecule has 0 fully saturated rings. The van der Waals surface area contributed by atoms with Gasteiger partial charge in [-0.1, -0.05) is 49.1 Å². The van der Waals surface area contributed by atoms with Gasteiger partial charge in [-0.05, 0) is 30.3 Å². The second-order valence-electron chi connectivity index (χ2n) is 3.48. The van der Waals surface area contributed by atoms with Gasteiger partial charge < -0.3 is 10.1 Å². The molecular weight excluding hydrogens is 230 g/mol. The monoisotopic (exact) mass is 247 g/mol. The van der Waals surface area contributed by atoms with Crippen LogP contribution in [-0.4, -0.2) is 11.7 Å². The summed E-state index contributed by atoms with van der Waals surface area (Å²) >= 11 is 5.07. The fraction of sp³-hybridized carbons (Fsp3) is 0.214. The Balaban J connectivity index is 2.29. The minimum absolute atomic E-state index is 0.412. The van der Waals surface area contributed by atoms with Crippen LogP contribution in [0, 0.1) is 0 Å². The maximum atomic E-state index is 5.43. The number of hydrogen-bond donors (Lipinski definition) is 1. The van der Waals surface area contributed by atoms with Crippen molar-refractivity contribution in [3.05, 3.63) is 60.2 Å². The van der Waals surface area contributed by atoms with E-state index in [1.54, 1.807) is 6.08 Å². The number of thiocarbonyl (C=S) groups is 1. The average molecular weight is 247 g/mol.